The molecule has 51 valence electrons. The molecular weight excluding hydrogens is 124 g/mol. The smallest absolute Gasteiger partial charge is 0.395 e. The third-order valence-electron chi connectivity index (χ3n) is 0.675. The standard InChI is InChI=1S/C5H7O4/c1-3(5(7)8)9-4(2)6/h3H,1-2H3. The van der Waals surface area contributed by atoms with Gasteiger partial charge in [-0.2, -0.15) is 0 Å². The molecule has 0 aromatic heterocycles. The zero-order chi connectivity index (χ0) is 7.44. The van der Waals surface area contributed by atoms with Crippen molar-refractivity contribution in [3.63, 3.8) is 0 Å². The van der Waals surface area contributed by atoms with Gasteiger partial charge in [0.05, 0.1) is 0 Å². The lowest BCUT2D eigenvalue weighted by molar-refractivity contribution is -0.165. The molecule has 0 heterocycles. The molecule has 0 amide bonds. The largest absolute Gasteiger partial charge is 0.451 e. The Balaban J connectivity index is 3.63. The number of rotatable bonds is 2. The number of carbonyl (C=O) groups excluding carboxylic acids is 2. The zero-order valence-corrected chi connectivity index (χ0v) is 5.21. The van der Waals surface area contributed by atoms with E-state index in [9.17, 15) is 14.7 Å². The first-order valence-corrected chi connectivity index (χ1v) is 2.42. The van der Waals surface area contributed by atoms with Gasteiger partial charge in [-0.05, 0) is 6.92 Å². The normalized spacial score (nSPS) is 12.2. The minimum absolute atomic E-state index is 0.619. The summed E-state index contributed by atoms with van der Waals surface area (Å²) in [6.45, 7) is 2.37. The Hall–Kier alpha value is -1.06. The summed E-state index contributed by atoms with van der Waals surface area (Å²) in [5.41, 5.74) is 0. The van der Waals surface area contributed by atoms with Crippen molar-refractivity contribution in [3.8, 4) is 0 Å². The molecular formula is C5H7O4. The molecule has 0 aliphatic carbocycles. The van der Waals surface area contributed by atoms with Crippen LogP contribution in [-0.4, -0.2) is 18.0 Å². The van der Waals surface area contributed by atoms with Crippen LogP contribution < -0.4 is 0 Å². The van der Waals surface area contributed by atoms with Gasteiger partial charge in [0.15, 0.2) is 0 Å². The summed E-state index contributed by atoms with van der Waals surface area (Å²) in [7, 11) is 0. The lowest BCUT2D eigenvalue weighted by atomic mass is 10.4. The highest BCUT2D eigenvalue weighted by molar-refractivity contribution is 5.76. The molecule has 9 heavy (non-hydrogen) atoms. The molecule has 1 radical (unpaired) electrons. The second kappa shape index (κ2) is 3.06. The Labute approximate surface area is 52.4 Å². The van der Waals surface area contributed by atoms with Crippen LogP contribution in [0, 0.1) is 0 Å². The highest BCUT2D eigenvalue weighted by atomic mass is 16.6. The van der Waals surface area contributed by atoms with Crippen molar-refractivity contribution in [2.75, 3.05) is 0 Å². The van der Waals surface area contributed by atoms with E-state index in [4.69, 9.17) is 0 Å². The second-order valence-electron chi connectivity index (χ2n) is 1.57. The van der Waals surface area contributed by atoms with Crippen LogP contribution in [0.1, 0.15) is 13.8 Å². The summed E-state index contributed by atoms with van der Waals surface area (Å²) >= 11 is 0. The monoisotopic (exact) mass is 131 g/mol. The van der Waals surface area contributed by atoms with E-state index in [1.165, 1.54) is 6.92 Å². The fourth-order valence-corrected chi connectivity index (χ4v) is 0.297. The highest BCUT2D eigenvalue weighted by Gasteiger charge is 2.14. The summed E-state index contributed by atoms with van der Waals surface area (Å²) < 4.78 is 4.21. The molecule has 0 saturated carbocycles. The molecule has 0 fully saturated rings. The maximum Gasteiger partial charge on any atom is 0.395 e. The molecule has 4 heteroatoms. The van der Waals surface area contributed by atoms with Crippen LogP contribution in [0.25, 0.3) is 0 Å². The van der Waals surface area contributed by atoms with Gasteiger partial charge >= 0.3 is 11.9 Å². The second-order valence-corrected chi connectivity index (χ2v) is 1.57. The van der Waals surface area contributed by atoms with Crippen LogP contribution in [0.3, 0.4) is 0 Å². The van der Waals surface area contributed by atoms with Crippen molar-refractivity contribution in [1.82, 2.24) is 0 Å². The predicted octanol–water partition coefficient (Wildman–Crippen LogP) is -0.105. The van der Waals surface area contributed by atoms with Gasteiger partial charge in [0.2, 0.25) is 6.10 Å². The Morgan fingerprint density at radius 3 is 2.00 bits per heavy atom. The van der Waals surface area contributed by atoms with Crippen LogP contribution in [0.15, 0.2) is 0 Å². The third-order valence-corrected chi connectivity index (χ3v) is 0.675. The van der Waals surface area contributed by atoms with E-state index in [2.05, 4.69) is 4.74 Å². The third kappa shape index (κ3) is 3.52. The molecule has 1 atom stereocenters. The van der Waals surface area contributed by atoms with Gasteiger partial charge in [0.25, 0.3) is 0 Å². The molecule has 1 unspecified atom stereocenters. The van der Waals surface area contributed by atoms with Crippen molar-refractivity contribution in [3.05, 3.63) is 0 Å². The highest BCUT2D eigenvalue weighted by Crippen LogP contribution is 1.89. The minimum Gasteiger partial charge on any atom is -0.451 e. The first-order valence-electron chi connectivity index (χ1n) is 2.42. The average Bonchev–Trinajstić information content (AvgIpc) is 1.63. The SMILES string of the molecule is CC(=O)OC(C)C([O])=O. The van der Waals surface area contributed by atoms with Gasteiger partial charge in [-0.25, -0.2) is 9.90 Å². The Bertz CT molecular complexity index is 129. The fourth-order valence-electron chi connectivity index (χ4n) is 0.297. The zero-order valence-electron chi connectivity index (χ0n) is 5.21. The molecule has 0 aliphatic heterocycles. The van der Waals surface area contributed by atoms with Gasteiger partial charge in [-0.1, -0.05) is 0 Å². The number of carbonyl (C=O) groups is 2. The fraction of sp³-hybridized carbons (Fsp3) is 0.600. The lowest BCUT2D eigenvalue weighted by Crippen LogP contribution is -2.20. The van der Waals surface area contributed by atoms with Crippen LogP contribution in [-0.2, 0) is 19.4 Å². The van der Waals surface area contributed by atoms with Gasteiger partial charge in [-0.3, -0.25) is 4.79 Å². The molecule has 4 nitrogen and oxygen atoms in total. The molecule has 0 aromatic carbocycles. The van der Waals surface area contributed by atoms with Crippen LogP contribution in [0.5, 0.6) is 0 Å². The van der Waals surface area contributed by atoms with Crippen molar-refractivity contribution in [2.45, 2.75) is 20.0 Å². The van der Waals surface area contributed by atoms with E-state index in [0.717, 1.165) is 6.92 Å². The van der Waals surface area contributed by atoms with Gasteiger partial charge in [0, 0.05) is 6.92 Å². The van der Waals surface area contributed by atoms with Gasteiger partial charge < -0.3 is 4.74 Å². The quantitative estimate of drug-likeness (QED) is 0.491. The first kappa shape index (κ1) is 7.94. The van der Waals surface area contributed by atoms with Crippen LogP contribution in [0.2, 0.25) is 0 Å². The van der Waals surface area contributed by atoms with E-state index in [1.807, 2.05) is 0 Å². The Kier molecular flexibility index (Phi) is 2.70. The summed E-state index contributed by atoms with van der Waals surface area (Å²) in [4.78, 5) is 19.9. The molecule has 0 rings (SSSR count). The minimum atomic E-state index is -1.38. The predicted molar refractivity (Wildman–Crippen MR) is 26.9 cm³/mol. The topological polar surface area (TPSA) is 63.3 Å². The van der Waals surface area contributed by atoms with Crippen LogP contribution in [0.4, 0.5) is 0 Å². The molecule has 0 bridgehead atoms. The number of esters is 1. The van der Waals surface area contributed by atoms with Crippen molar-refractivity contribution < 1.29 is 19.4 Å². The van der Waals surface area contributed by atoms with Crippen molar-refractivity contribution in [2.24, 2.45) is 0 Å². The molecule has 0 aromatic rings. The van der Waals surface area contributed by atoms with Gasteiger partial charge in [-0.15, -0.1) is 0 Å². The van der Waals surface area contributed by atoms with E-state index in [0.29, 0.717) is 0 Å². The molecule has 0 aliphatic rings. The van der Waals surface area contributed by atoms with E-state index in [1.54, 1.807) is 0 Å². The molecule has 0 spiro atoms. The summed E-state index contributed by atoms with van der Waals surface area (Å²) in [5, 5.41) is 9.85. The number of hydrogen-bond acceptors (Lipinski definition) is 3. The Morgan fingerprint density at radius 1 is 1.44 bits per heavy atom. The maximum atomic E-state index is 10.0. The van der Waals surface area contributed by atoms with E-state index in [-0.39, 0.29) is 0 Å². The molecule has 0 N–H and O–H groups in total. The van der Waals surface area contributed by atoms with Gasteiger partial charge in [0.1, 0.15) is 0 Å². The summed E-state index contributed by atoms with van der Waals surface area (Å²) in [6, 6.07) is 0. The lowest BCUT2D eigenvalue weighted by Gasteiger charge is -2.02. The average molecular weight is 131 g/mol. The maximum absolute atomic E-state index is 10.0. The van der Waals surface area contributed by atoms with Crippen molar-refractivity contribution in [1.29, 1.82) is 0 Å². The van der Waals surface area contributed by atoms with E-state index >= 15 is 0 Å². The Morgan fingerprint density at radius 2 is 1.89 bits per heavy atom. The first-order chi connectivity index (χ1) is 4.04. The number of ether oxygens (including phenoxy) is 1. The summed E-state index contributed by atoms with van der Waals surface area (Å²) in [5.74, 6) is -2.00. The van der Waals surface area contributed by atoms with Crippen LogP contribution >= 0.6 is 0 Å². The molecule has 0 saturated heterocycles. The summed E-state index contributed by atoms with van der Waals surface area (Å²) in [6.07, 6.45) is -1.15. The number of hydrogen-bond donors (Lipinski definition) is 0. The van der Waals surface area contributed by atoms with E-state index < -0.39 is 18.0 Å². The van der Waals surface area contributed by atoms with Crippen molar-refractivity contribution >= 4 is 11.9 Å².